The Labute approximate surface area is 158 Å². The third-order valence-electron chi connectivity index (χ3n) is 4.75. The first-order valence-electron chi connectivity index (χ1n) is 8.99. The monoisotopic (exact) mass is 383 g/mol. The summed E-state index contributed by atoms with van der Waals surface area (Å²) in [6, 6.07) is 10.5. The first-order valence-corrected chi connectivity index (χ1v) is 8.99. The molecule has 1 aliphatic rings. The molecule has 28 heavy (non-hydrogen) atoms. The van der Waals surface area contributed by atoms with Gasteiger partial charge in [0.15, 0.2) is 11.6 Å². The van der Waals surface area contributed by atoms with Gasteiger partial charge in [0.2, 0.25) is 5.91 Å². The van der Waals surface area contributed by atoms with Crippen molar-refractivity contribution in [3.63, 3.8) is 0 Å². The van der Waals surface area contributed by atoms with Gasteiger partial charge in [-0.15, -0.1) is 0 Å². The van der Waals surface area contributed by atoms with E-state index in [9.17, 15) is 18.8 Å². The van der Waals surface area contributed by atoms with E-state index >= 15 is 0 Å². The van der Waals surface area contributed by atoms with Gasteiger partial charge in [-0.3, -0.25) is 19.5 Å². The minimum absolute atomic E-state index is 0.0477. The molecule has 1 aliphatic carbocycles. The lowest BCUT2D eigenvalue weighted by Gasteiger charge is -2.26. The van der Waals surface area contributed by atoms with Gasteiger partial charge in [0.1, 0.15) is 6.54 Å². The van der Waals surface area contributed by atoms with Crippen LogP contribution < -0.4 is 21.2 Å². The van der Waals surface area contributed by atoms with Gasteiger partial charge in [-0.05, 0) is 43.5 Å². The molecule has 7 nitrogen and oxygen atoms in total. The Morgan fingerprint density at radius 1 is 1.18 bits per heavy atom. The Kier molecular flexibility index (Phi) is 4.68. The fourth-order valence-corrected chi connectivity index (χ4v) is 3.04. The van der Waals surface area contributed by atoms with Crippen LogP contribution in [-0.4, -0.2) is 21.8 Å². The van der Waals surface area contributed by atoms with Gasteiger partial charge >= 0.3 is 0 Å². The van der Waals surface area contributed by atoms with E-state index in [2.05, 4.69) is 10.4 Å². The Hall–Kier alpha value is -3.42. The fourth-order valence-electron chi connectivity index (χ4n) is 3.04. The summed E-state index contributed by atoms with van der Waals surface area (Å²) < 4.78 is 20.6. The molecule has 1 amide bonds. The highest BCUT2D eigenvalue weighted by molar-refractivity contribution is 5.90. The minimum atomic E-state index is -0.569. The number of fused-ring (bicyclic) bond motifs is 1. The lowest BCUT2D eigenvalue weighted by atomic mass is 9.96. The van der Waals surface area contributed by atoms with Gasteiger partial charge in [0.05, 0.1) is 16.9 Å². The molecule has 4 rings (SSSR count). The minimum Gasteiger partial charge on any atom is -0.487 e. The van der Waals surface area contributed by atoms with Crippen molar-refractivity contribution in [1.82, 2.24) is 9.78 Å². The van der Waals surface area contributed by atoms with Crippen LogP contribution in [0.2, 0.25) is 0 Å². The lowest BCUT2D eigenvalue weighted by Crippen LogP contribution is -2.34. The third kappa shape index (κ3) is 3.53. The van der Waals surface area contributed by atoms with Gasteiger partial charge in [-0.2, -0.15) is 0 Å². The average Bonchev–Trinajstić information content (AvgIpc) is 2.64. The summed E-state index contributed by atoms with van der Waals surface area (Å²) in [4.78, 5) is 36.8. The first-order chi connectivity index (χ1) is 13.5. The van der Waals surface area contributed by atoms with Crippen LogP contribution in [0.15, 0.2) is 52.1 Å². The molecule has 3 aromatic rings. The zero-order chi connectivity index (χ0) is 19.7. The third-order valence-corrected chi connectivity index (χ3v) is 4.75. The number of rotatable bonds is 5. The van der Waals surface area contributed by atoms with Crippen LogP contribution >= 0.6 is 0 Å². The molecule has 2 N–H and O–H groups in total. The predicted molar refractivity (Wildman–Crippen MR) is 102 cm³/mol. The number of benzene rings is 2. The molecule has 2 aromatic carbocycles. The largest absolute Gasteiger partial charge is 0.487 e. The smallest absolute Gasteiger partial charge is 0.273 e. The molecule has 1 aromatic heterocycles. The SMILES string of the molecule is O=C(Cn1[nH]c(=O)c2ccccc2c1=O)Nc1ccc(OC2CCC2)c(F)c1. The number of halogens is 1. The number of hydrogen-bond acceptors (Lipinski definition) is 4. The number of aromatic nitrogens is 2. The topological polar surface area (TPSA) is 93.2 Å². The number of anilines is 1. The van der Waals surface area contributed by atoms with E-state index < -0.39 is 29.4 Å². The number of H-pyrrole nitrogens is 1. The van der Waals surface area contributed by atoms with E-state index in [-0.39, 0.29) is 28.3 Å². The number of aromatic amines is 1. The van der Waals surface area contributed by atoms with E-state index in [4.69, 9.17) is 4.74 Å². The van der Waals surface area contributed by atoms with Crippen molar-refractivity contribution >= 4 is 22.4 Å². The van der Waals surface area contributed by atoms with Crippen molar-refractivity contribution < 1.29 is 13.9 Å². The standard InChI is InChI=1S/C20H18FN3O4/c21-16-10-12(8-9-17(16)28-13-4-3-5-13)22-18(25)11-24-20(27)15-7-2-1-6-14(15)19(26)23-24/h1-2,6-10,13H,3-5,11H2,(H,22,25)(H,23,26). The van der Waals surface area contributed by atoms with Crippen molar-refractivity contribution in [3.8, 4) is 5.75 Å². The highest BCUT2D eigenvalue weighted by Gasteiger charge is 2.20. The van der Waals surface area contributed by atoms with Crippen molar-refractivity contribution in [3.05, 3.63) is 69.0 Å². The molecular weight excluding hydrogens is 365 g/mol. The number of nitrogens with one attached hydrogen (secondary N) is 2. The number of amides is 1. The second-order valence-corrected chi connectivity index (χ2v) is 6.74. The molecule has 0 aliphatic heterocycles. The molecular formula is C20H18FN3O4. The summed E-state index contributed by atoms with van der Waals surface area (Å²) in [7, 11) is 0. The molecule has 1 heterocycles. The van der Waals surface area contributed by atoms with Gasteiger partial charge in [-0.1, -0.05) is 12.1 Å². The molecule has 1 saturated carbocycles. The maximum Gasteiger partial charge on any atom is 0.273 e. The highest BCUT2D eigenvalue weighted by Crippen LogP contribution is 2.28. The summed E-state index contributed by atoms with van der Waals surface area (Å²) in [5.74, 6) is -0.987. The van der Waals surface area contributed by atoms with E-state index in [0.29, 0.717) is 0 Å². The predicted octanol–water partition coefficient (Wildman–Crippen LogP) is 2.40. The van der Waals surface area contributed by atoms with Gasteiger partial charge in [0, 0.05) is 11.8 Å². The number of ether oxygens (including phenoxy) is 1. The van der Waals surface area contributed by atoms with Crippen molar-refractivity contribution in [1.29, 1.82) is 0 Å². The first kappa shape index (κ1) is 18.0. The average molecular weight is 383 g/mol. The molecule has 144 valence electrons. The molecule has 0 saturated heterocycles. The summed E-state index contributed by atoms with van der Waals surface area (Å²) in [6.45, 7) is -0.402. The second-order valence-electron chi connectivity index (χ2n) is 6.74. The molecule has 0 atom stereocenters. The number of carbonyl (C=O) groups is 1. The van der Waals surface area contributed by atoms with Crippen LogP contribution in [0, 0.1) is 5.82 Å². The molecule has 0 bridgehead atoms. The van der Waals surface area contributed by atoms with Crippen LogP contribution in [-0.2, 0) is 11.3 Å². The van der Waals surface area contributed by atoms with E-state index in [1.54, 1.807) is 12.1 Å². The number of nitrogens with zero attached hydrogens (tertiary/aromatic N) is 1. The zero-order valence-electron chi connectivity index (χ0n) is 14.9. The zero-order valence-corrected chi connectivity index (χ0v) is 14.9. The lowest BCUT2D eigenvalue weighted by molar-refractivity contribution is -0.117. The maximum atomic E-state index is 14.2. The van der Waals surface area contributed by atoms with Crippen LogP contribution in [0.4, 0.5) is 10.1 Å². The molecule has 8 heteroatoms. The van der Waals surface area contributed by atoms with Crippen molar-refractivity contribution in [2.75, 3.05) is 5.32 Å². The highest BCUT2D eigenvalue weighted by atomic mass is 19.1. The quantitative estimate of drug-likeness (QED) is 0.708. The van der Waals surface area contributed by atoms with Gasteiger partial charge < -0.3 is 10.1 Å². The second kappa shape index (κ2) is 7.30. The molecule has 1 fully saturated rings. The fraction of sp³-hybridized carbons (Fsp3) is 0.250. The van der Waals surface area contributed by atoms with Crippen LogP contribution in [0.25, 0.3) is 10.8 Å². The van der Waals surface area contributed by atoms with Crippen molar-refractivity contribution in [2.45, 2.75) is 31.9 Å². The summed E-state index contributed by atoms with van der Waals surface area (Å²) in [5.41, 5.74) is -0.716. The molecule has 0 radical (unpaired) electrons. The Balaban J connectivity index is 1.49. The summed E-state index contributed by atoms with van der Waals surface area (Å²) >= 11 is 0. The number of hydrogen-bond donors (Lipinski definition) is 2. The van der Waals surface area contributed by atoms with Gasteiger partial charge in [0.25, 0.3) is 11.1 Å². The van der Waals surface area contributed by atoms with Crippen LogP contribution in [0.5, 0.6) is 5.75 Å². The Bertz CT molecular complexity index is 1160. The normalized spacial score (nSPS) is 13.9. The van der Waals surface area contributed by atoms with Crippen molar-refractivity contribution in [2.24, 2.45) is 0 Å². The number of carbonyl (C=O) groups excluding carboxylic acids is 1. The Morgan fingerprint density at radius 3 is 2.61 bits per heavy atom. The maximum absolute atomic E-state index is 14.2. The van der Waals surface area contributed by atoms with E-state index in [1.807, 2.05) is 0 Å². The molecule has 0 unspecified atom stereocenters. The van der Waals surface area contributed by atoms with Crippen LogP contribution in [0.1, 0.15) is 19.3 Å². The van der Waals surface area contributed by atoms with Gasteiger partial charge in [-0.25, -0.2) is 9.07 Å². The summed E-state index contributed by atoms with van der Waals surface area (Å²) in [6.07, 6.45) is 2.95. The van der Waals surface area contributed by atoms with E-state index in [0.717, 1.165) is 30.0 Å². The summed E-state index contributed by atoms with van der Waals surface area (Å²) in [5, 5.41) is 5.38. The Morgan fingerprint density at radius 2 is 1.93 bits per heavy atom. The van der Waals surface area contributed by atoms with Crippen LogP contribution in [0.3, 0.4) is 0 Å². The van der Waals surface area contributed by atoms with E-state index in [1.165, 1.54) is 24.3 Å². The molecule has 0 spiro atoms.